The molecule has 0 unspecified atom stereocenters. The van der Waals surface area contributed by atoms with Gasteiger partial charge in [0.15, 0.2) is 17.5 Å². The molecule has 0 saturated heterocycles. The number of fused-ring (bicyclic) bond motifs is 6. The largest absolute Gasteiger partial charge is 0.416 e. The van der Waals surface area contributed by atoms with Crippen molar-refractivity contribution in [2.24, 2.45) is 0 Å². The average Bonchev–Trinajstić information content (AvgIpc) is 1.54. The lowest BCUT2D eigenvalue weighted by atomic mass is 9.96. The maximum Gasteiger partial charge on any atom is 0.416 e. The van der Waals surface area contributed by atoms with Crippen molar-refractivity contribution in [1.82, 2.24) is 24.1 Å². The highest BCUT2D eigenvalue weighted by atomic mass is 19.4. The molecule has 0 aliphatic carbocycles. The molecule has 13 nitrogen and oxygen atoms in total. The first kappa shape index (κ1) is 61.2. The van der Waals surface area contributed by atoms with Gasteiger partial charge in [0, 0.05) is 49.4 Å². The highest BCUT2D eigenvalue weighted by Crippen LogP contribution is 2.47. The summed E-state index contributed by atoms with van der Waals surface area (Å²) >= 11 is 0. The lowest BCUT2D eigenvalue weighted by molar-refractivity contribution is -0.137. The van der Waals surface area contributed by atoms with E-state index in [1.54, 1.807) is 77.4 Å². The molecule has 0 radical (unpaired) electrons. The molecule has 100 heavy (non-hydrogen) atoms. The summed E-state index contributed by atoms with van der Waals surface area (Å²) in [7, 11) is 0. The molecule has 0 aliphatic rings. The van der Waals surface area contributed by atoms with Crippen molar-refractivity contribution in [1.29, 1.82) is 42.1 Å². The predicted octanol–water partition coefficient (Wildman–Crippen LogP) is 19.4. The SMILES string of the molecule is N#Cc1cc(C#N)cc(-c2ccc3c(c2)c2cc(-c4cc(C#N)cc(C#N)c4)ccc2n3-c2ccc(-c3nc(-c4ccccc4)nc(-c4ccccc4)n3)cc2-c2ccc(C(F)(F)F)cc2-n2c3ccc(-c4cc(C#N)cc(C#N)c4)cc3c3cc(-c4cc(C#N)cc(C#N)c4)ccc32)c1. The Morgan fingerprint density at radius 3 is 0.860 bits per heavy atom. The van der Waals surface area contributed by atoms with Crippen molar-refractivity contribution < 1.29 is 13.2 Å². The van der Waals surface area contributed by atoms with Crippen molar-refractivity contribution in [3.63, 3.8) is 0 Å². The molecule has 0 atom stereocenters. The van der Waals surface area contributed by atoms with Crippen LogP contribution in [0, 0.1) is 90.6 Å². The summed E-state index contributed by atoms with van der Waals surface area (Å²) < 4.78 is 51.4. The van der Waals surface area contributed by atoms with E-state index in [1.807, 2.05) is 132 Å². The highest BCUT2D eigenvalue weighted by molar-refractivity contribution is 6.14. The van der Waals surface area contributed by atoms with E-state index in [9.17, 15) is 42.1 Å². The summed E-state index contributed by atoms with van der Waals surface area (Å²) in [6.45, 7) is 0. The number of benzene rings is 12. The van der Waals surface area contributed by atoms with Crippen LogP contribution in [0.5, 0.6) is 0 Å². The molecule has 0 fully saturated rings. The smallest absolute Gasteiger partial charge is 0.309 e. The van der Waals surface area contributed by atoms with Gasteiger partial charge >= 0.3 is 6.18 Å². The number of nitrogens with zero attached hydrogens (tertiary/aromatic N) is 13. The van der Waals surface area contributed by atoms with Crippen molar-refractivity contribution in [2.45, 2.75) is 6.18 Å². The molecular formula is C84H40F3N13. The minimum Gasteiger partial charge on any atom is -0.309 e. The fraction of sp³-hybridized carbons (Fsp3) is 0.0119. The van der Waals surface area contributed by atoms with E-state index in [-0.39, 0.29) is 56.0 Å². The first-order chi connectivity index (χ1) is 48.7. The van der Waals surface area contributed by atoms with Gasteiger partial charge in [0.25, 0.3) is 0 Å². The van der Waals surface area contributed by atoms with Gasteiger partial charge in [0.1, 0.15) is 0 Å². The number of hydrogen-bond acceptors (Lipinski definition) is 11. The van der Waals surface area contributed by atoms with Gasteiger partial charge in [0.2, 0.25) is 0 Å². The molecule has 0 saturated carbocycles. The Morgan fingerprint density at radius 2 is 0.550 bits per heavy atom. The van der Waals surface area contributed by atoms with Gasteiger partial charge in [-0.3, -0.25) is 0 Å². The van der Waals surface area contributed by atoms with Crippen LogP contribution in [-0.2, 0) is 6.18 Å². The molecule has 15 aromatic rings. The van der Waals surface area contributed by atoms with Crippen molar-refractivity contribution in [3.8, 4) is 150 Å². The minimum atomic E-state index is -4.87. The second-order valence-electron chi connectivity index (χ2n) is 23.7. The zero-order valence-corrected chi connectivity index (χ0v) is 52.0. The van der Waals surface area contributed by atoms with Gasteiger partial charge in [-0.15, -0.1) is 0 Å². The number of rotatable bonds is 10. The van der Waals surface area contributed by atoms with Gasteiger partial charge in [-0.2, -0.15) is 55.3 Å². The number of halogens is 3. The fourth-order valence-electron chi connectivity index (χ4n) is 13.1. The minimum absolute atomic E-state index is 0.0949. The number of nitriles is 8. The summed E-state index contributed by atoms with van der Waals surface area (Å²) in [4.78, 5) is 15.2. The standard InChI is InChI=1S/C84H40F3N13/c85-84(86,87)68-16-17-69(80(40-68)100-78-20-13-61(66-31-53(45-92)25-54(32-66)46-93)37-73(78)74-38-62(14-21-79(74)100)67-33-55(47-94)26-56(34-67)48-95)70-39-63(83-97-81(57-7-3-1-4-8-57)96-82(98-83)58-9-5-2-6-10-58)15-22-75(70)99-76-18-11-59(64-27-49(41-88)23-50(28-64)42-89)35-71(76)72-36-60(12-19-77(72)99)65-29-51(43-90)24-52(30-65)44-91/h1-40H. The lowest BCUT2D eigenvalue weighted by Crippen LogP contribution is -2.08. The van der Waals surface area contributed by atoms with Crippen LogP contribution in [0.15, 0.2) is 243 Å². The Bertz CT molecular complexity index is 5930. The Morgan fingerprint density at radius 1 is 0.250 bits per heavy atom. The van der Waals surface area contributed by atoms with Crippen LogP contribution in [-0.4, -0.2) is 24.1 Å². The molecule has 0 N–H and O–H groups in total. The van der Waals surface area contributed by atoms with Gasteiger partial charge in [-0.05, 0) is 196 Å². The molecule has 3 aromatic heterocycles. The zero-order chi connectivity index (χ0) is 68.9. The maximum atomic E-state index is 15.9. The summed E-state index contributed by atoms with van der Waals surface area (Å²) in [6, 6.07) is 87.1. The van der Waals surface area contributed by atoms with E-state index in [0.29, 0.717) is 133 Å². The molecule has 0 amide bonds. The van der Waals surface area contributed by atoms with Crippen LogP contribution in [0.2, 0.25) is 0 Å². The molecule has 15 rings (SSSR count). The second-order valence-corrected chi connectivity index (χ2v) is 23.7. The first-order valence-electron chi connectivity index (χ1n) is 31.0. The molecule has 462 valence electrons. The van der Waals surface area contributed by atoms with E-state index in [0.717, 1.165) is 12.1 Å². The quantitative estimate of drug-likeness (QED) is 0.125. The van der Waals surface area contributed by atoms with Crippen LogP contribution in [0.25, 0.3) is 145 Å². The molecule has 0 spiro atoms. The Kier molecular flexibility index (Phi) is 15.1. The molecule has 0 bridgehead atoms. The predicted molar refractivity (Wildman–Crippen MR) is 375 cm³/mol. The first-order valence-corrected chi connectivity index (χ1v) is 31.0. The van der Waals surface area contributed by atoms with E-state index in [4.69, 9.17) is 15.0 Å². The Balaban J connectivity index is 1.06. The second kappa shape index (κ2) is 24.7. The summed E-state index contributed by atoms with van der Waals surface area (Å²) in [5.74, 6) is 0.966. The molecule has 0 aliphatic heterocycles. The Hall–Kier alpha value is -15.0. The average molecular weight is 1290 g/mol. The number of alkyl halides is 3. The monoisotopic (exact) mass is 1290 g/mol. The molecule has 3 heterocycles. The van der Waals surface area contributed by atoms with Crippen molar-refractivity contribution >= 4 is 43.6 Å². The molecule has 12 aromatic carbocycles. The van der Waals surface area contributed by atoms with Gasteiger partial charge < -0.3 is 9.13 Å². The third-order valence-electron chi connectivity index (χ3n) is 17.7. The van der Waals surface area contributed by atoms with E-state index < -0.39 is 11.7 Å². The third kappa shape index (κ3) is 11.0. The van der Waals surface area contributed by atoms with Crippen LogP contribution >= 0.6 is 0 Å². The van der Waals surface area contributed by atoms with Crippen molar-refractivity contribution in [3.05, 3.63) is 293 Å². The van der Waals surface area contributed by atoms with Crippen LogP contribution in [0.4, 0.5) is 13.2 Å². The fourth-order valence-corrected chi connectivity index (χ4v) is 13.1. The normalized spacial score (nSPS) is 11.1. The highest BCUT2D eigenvalue weighted by Gasteiger charge is 2.33. The topological polar surface area (TPSA) is 239 Å². The lowest BCUT2D eigenvalue weighted by Gasteiger charge is -2.21. The zero-order valence-electron chi connectivity index (χ0n) is 52.0. The van der Waals surface area contributed by atoms with E-state index in [1.165, 1.54) is 30.3 Å². The third-order valence-corrected chi connectivity index (χ3v) is 17.7. The van der Waals surface area contributed by atoms with E-state index in [2.05, 4.69) is 48.6 Å². The van der Waals surface area contributed by atoms with Crippen molar-refractivity contribution in [2.75, 3.05) is 0 Å². The molecular weight excluding hydrogens is 1250 g/mol. The van der Waals surface area contributed by atoms with Crippen LogP contribution in [0.1, 0.15) is 50.1 Å². The van der Waals surface area contributed by atoms with Gasteiger partial charge in [-0.1, -0.05) is 91.0 Å². The van der Waals surface area contributed by atoms with Crippen LogP contribution in [0.3, 0.4) is 0 Å². The van der Waals surface area contributed by atoms with Gasteiger partial charge in [0.05, 0.1) is 132 Å². The molecule has 16 heteroatoms. The van der Waals surface area contributed by atoms with Gasteiger partial charge in [-0.25, -0.2) is 15.0 Å². The summed E-state index contributed by atoms with van der Waals surface area (Å²) in [5.41, 5.74) is 11.2. The van der Waals surface area contributed by atoms with E-state index >= 15 is 13.2 Å². The number of aromatic nitrogens is 5. The Labute approximate surface area is 568 Å². The maximum absolute atomic E-state index is 15.9. The summed E-state index contributed by atoms with van der Waals surface area (Å²) in [5, 5.41) is 83.5. The van der Waals surface area contributed by atoms with Crippen LogP contribution < -0.4 is 0 Å². The summed E-state index contributed by atoms with van der Waals surface area (Å²) in [6.07, 6.45) is -4.87. The number of hydrogen-bond donors (Lipinski definition) is 0.